The molecule has 162 valence electrons. The van der Waals surface area contributed by atoms with E-state index in [2.05, 4.69) is 20.9 Å². The minimum absolute atomic E-state index is 0.358. The summed E-state index contributed by atoms with van der Waals surface area (Å²) in [5.74, 6) is 0. The SMILES string of the molecule is CC(C)(C)[S@+]([O-])NC(Cc1ncccc1C#N)c1ccccc1-c1noc2ccccc12. The monoisotopic (exact) mass is 444 g/mol. The number of para-hydroxylation sites is 1. The fourth-order valence-corrected chi connectivity index (χ4v) is 4.34. The van der Waals surface area contributed by atoms with Gasteiger partial charge in [-0.15, -0.1) is 4.72 Å². The predicted octanol–water partition coefficient (Wildman–Crippen LogP) is 5.10. The summed E-state index contributed by atoms with van der Waals surface area (Å²) < 4.78 is 21.5. The van der Waals surface area contributed by atoms with Crippen molar-refractivity contribution in [2.45, 2.75) is 38.0 Å². The number of nitriles is 1. The van der Waals surface area contributed by atoms with Crippen molar-refractivity contribution in [1.29, 1.82) is 5.26 Å². The Morgan fingerprint density at radius 3 is 2.62 bits per heavy atom. The maximum Gasteiger partial charge on any atom is 0.167 e. The van der Waals surface area contributed by atoms with Gasteiger partial charge in [0.2, 0.25) is 0 Å². The molecule has 0 saturated heterocycles. The van der Waals surface area contributed by atoms with Crippen LogP contribution < -0.4 is 4.72 Å². The van der Waals surface area contributed by atoms with E-state index in [1.165, 1.54) is 0 Å². The summed E-state index contributed by atoms with van der Waals surface area (Å²) in [6.45, 7) is 5.77. The van der Waals surface area contributed by atoms with Crippen LogP contribution in [0.2, 0.25) is 0 Å². The first-order chi connectivity index (χ1) is 15.4. The van der Waals surface area contributed by atoms with E-state index in [1.54, 1.807) is 18.3 Å². The molecule has 0 radical (unpaired) electrons. The van der Waals surface area contributed by atoms with Crippen molar-refractivity contribution in [3.63, 3.8) is 0 Å². The van der Waals surface area contributed by atoms with Crippen LogP contribution in [0.4, 0.5) is 0 Å². The number of nitrogens with one attached hydrogen (secondary N) is 1. The molecule has 2 aromatic carbocycles. The highest BCUT2D eigenvalue weighted by atomic mass is 32.2. The zero-order chi connectivity index (χ0) is 22.7. The molecule has 0 aliphatic rings. The average Bonchev–Trinajstić information content (AvgIpc) is 3.22. The Balaban J connectivity index is 1.82. The fraction of sp³-hybridized carbons (Fsp3) is 0.240. The number of aromatic nitrogens is 2. The van der Waals surface area contributed by atoms with Crippen molar-refractivity contribution < 1.29 is 9.08 Å². The molecule has 1 unspecified atom stereocenters. The number of nitrogens with zero attached hydrogens (tertiary/aromatic N) is 3. The molecule has 0 saturated carbocycles. The molecular formula is C25H24N4O2S. The number of hydrogen-bond acceptors (Lipinski definition) is 6. The van der Waals surface area contributed by atoms with Gasteiger partial charge < -0.3 is 9.08 Å². The zero-order valence-electron chi connectivity index (χ0n) is 18.2. The van der Waals surface area contributed by atoms with Crippen LogP contribution in [-0.4, -0.2) is 19.4 Å². The molecule has 0 amide bonds. The molecule has 2 aromatic heterocycles. The second kappa shape index (κ2) is 9.13. The van der Waals surface area contributed by atoms with Gasteiger partial charge in [0.1, 0.15) is 16.5 Å². The summed E-state index contributed by atoms with van der Waals surface area (Å²) in [4.78, 5) is 4.43. The van der Waals surface area contributed by atoms with Gasteiger partial charge >= 0.3 is 0 Å². The first kappa shape index (κ1) is 22.0. The van der Waals surface area contributed by atoms with E-state index in [9.17, 15) is 9.81 Å². The van der Waals surface area contributed by atoms with Crippen LogP contribution in [0.25, 0.3) is 22.2 Å². The molecule has 32 heavy (non-hydrogen) atoms. The van der Waals surface area contributed by atoms with Gasteiger partial charge in [0.25, 0.3) is 0 Å². The van der Waals surface area contributed by atoms with Crippen molar-refractivity contribution in [2.24, 2.45) is 0 Å². The Morgan fingerprint density at radius 2 is 1.84 bits per heavy atom. The van der Waals surface area contributed by atoms with Crippen LogP contribution in [-0.2, 0) is 17.8 Å². The fourth-order valence-electron chi connectivity index (χ4n) is 3.51. The molecule has 0 fully saturated rings. The molecule has 0 aliphatic carbocycles. The molecule has 4 rings (SSSR count). The summed E-state index contributed by atoms with van der Waals surface area (Å²) in [6, 6.07) is 20.9. The second-order valence-electron chi connectivity index (χ2n) is 8.48. The van der Waals surface area contributed by atoms with Crippen molar-refractivity contribution >= 4 is 22.3 Å². The Labute approximate surface area is 190 Å². The van der Waals surface area contributed by atoms with Crippen molar-refractivity contribution in [3.8, 4) is 17.3 Å². The van der Waals surface area contributed by atoms with Gasteiger partial charge in [-0.05, 0) is 50.6 Å². The third-order valence-electron chi connectivity index (χ3n) is 5.18. The summed E-state index contributed by atoms with van der Waals surface area (Å²) in [5, 5.41) is 14.8. The Hall–Kier alpha value is -3.18. The maximum atomic E-state index is 13.1. The van der Waals surface area contributed by atoms with Crippen LogP contribution in [0.5, 0.6) is 0 Å². The van der Waals surface area contributed by atoms with E-state index in [4.69, 9.17) is 4.52 Å². The number of benzene rings is 2. The summed E-state index contributed by atoms with van der Waals surface area (Å²) in [7, 11) is 0. The van der Waals surface area contributed by atoms with Crippen molar-refractivity contribution in [1.82, 2.24) is 14.9 Å². The van der Waals surface area contributed by atoms with Gasteiger partial charge in [-0.2, -0.15) is 5.26 Å². The maximum absolute atomic E-state index is 13.1. The molecule has 2 heterocycles. The average molecular weight is 445 g/mol. The van der Waals surface area contributed by atoms with E-state index in [0.717, 1.165) is 22.2 Å². The van der Waals surface area contributed by atoms with Crippen LogP contribution in [0.15, 0.2) is 71.4 Å². The van der Waals surface area contributed by atoms with Gasteiger partial charge in [-0.3, -0.25) is 4.98 Å². The molecule has 7 heteroatoms. The van der Waals surface area contributed by atoms with Crippen LogP contribution in [0, 0.1) is 11.3 Å². The normalized spacial score (nSPS) is 13.6. The van der Waals surface area contributed by atoms with Crippen LogP contribution in [0.1, 0.15) is 43.6 Å². The molecular weight excluding hydrogens is 420 g/mol. The molecule has 2 atom stereocenters. The van der Waals surface area contributed by atoms with Crippen LogP contribution in [0.3, 0.4) is 0 Å². The van der Waals surface area contributed by atoms with E-state index < -0.39 is 16.1 Å². The highest BCUT2D eigenvalue weighted by molar-refractivity contribution is 7.90. The van der Waals surface area contributed by atoms with Crippen LogP contribution >= 0.6 is 0 Å². The summed E-state index contributed by atoms with van der Waals surface area (Å²) in [5.41, 5.74) is 4.39. The minimum Gasteiger partial charge on any atom is -0.598 e. The van der Waals surface area contributed by atoms with Gasteiger partial charge in [-0.1, -0.05) is 41.6 Å². The quantitative estimate of drug-likeness (QED) is 0.416. The zero-order valence-corrected chi connectivity index (χ0v) is 19.0. The van der Waals surface area contributed by atoms with Gasteiger partial charge in [-0.25, -0.2) is 0 Å². The highest BCUT2D eigenvalue weighted by Gasteiger charge is 2.32. The topological polar surface area (TPSA) is 97.8 Å². The third-order valence-corrected chi connectivity index (χ3v) is 6.79. The van der Waals surface area contributed by atoms with E-state index in [1.807, 2.05) is 69.3 Å². The first-order valence-electron chi connectivity index (χ1n) is 10.3. The molecule has 6 nitrogen and oxygen atoms in total. The lowest BCUT2D eigenvalue weighted by Gasteiger charge is -2.29. The highest BCUT2D eigenvalue weighted by Crippen LogP contribution is 2.35. The first-order valence-corrected chi connectivity index (χ1v) is 11.5. The second-order valence-corrected chi connectivity index (χ2v) is 10.5. The van der Waals surface area contributed by atoms with E-state index in [0.29, 0.717) is 23.3 Å². The summed E-state index contributed by atoms with van der Waals surface area (Å²) in [6.07, 6.45) is 2.07. The van der Waals surface area contributed by atoms with Gasteiger partial charge in [0.05, 0.1) is 17.3 Å². The molecule has 1 N–H and O–H groups in total. The van der Waals surface area contributed by atoms with Crippen molar-refractivity contribution in [3.05, 3.63) is 83.7 Å². The minimum atomic E-state index is -1.34. The lowest BCUT2D eigenvalue weighted by Crippen LogP contribution is -2.42. The van der Waals surface area contributed by atoms with Gasteiger partial charge in [0, 0.05) is 34.9 Å². The predicted molar refractivity (Wildman–Crippen MR) is 126 cm³/mol. The lowest BCUT2D eigenvalue weighted by molar-refractivity contribution is 0.459. The molecule has 0 bridgehead atoms. The molecule has 0 spiro atoms. The Bertz CT molecular complexity index is 1270. The lowest BCUT2D eigenvalue weighted by atomic mass is 9.93. The smallest absolute Gasteiger partial charge is 0.167 e. The molecule has 4 aromatic rings. The standard InChI is InChI=1S/C25H24N4O2S/c1-25(2,3)32(30)29-22(15-21-17(16-26)9-8-14-27-21)18-10-4-5-11-19(18)24-20-12-6-7-13-23(20)31-28-24/h4-14,22,29H,15H2,1-3H3/t22?,32-/m0/s1. The molecule has 0 aliphatic heterocycles. The Kier molecular flexibility index (Phi) is 6.28. The van der Waals surface area contributed by atoms with E-state index in [-0.39, 0.29) is 6.04 Å². The number of pyridine rings is 1. The number of rotatable bonds is 6. The summed E-state index contributed by atoms with van der Waals surface area (Å²) >= 11 is -1.34. The van der Waals surface area contributed by atoms with Gasteiger partial charge in [0.15, 0.2) is 5.58 Å². The number of hydrogen-bond donors (Lipinski definition) is 1. The Morgan fingerprint density at radius 1 is 1.09 bits per heavy atom. The van der Waals surface area contributed by atoms with E-state index >= 15 is 0 Å². The third kappa shape index (κ3) is 4.53. The largest absolute Gasteiger partial charge is 0.598 e. The van der Waals surface area contributed by atoms with Crippen molar-refractivity contribution in [2.75, 3.05) is 0 Å². The number of fused-ring (bicyclic) bond motifs is 1.